The zero-order valence-electron chi connectivity index (χ0n) is 14.7. The summed E-state index contributed by atoms with van der Waals surface area (Å²) >= 11 is 1.52. The largest absolute Gasteiger partial charge is 0.465 e. The van der Waals surface area contributed by atoms with Gasteiger partial charge in [-0.05, 0) is 42.5 Å². The summed E-state index contributed by atoms with van der Waals surface area (Å²) in [4.78, 5) is 20.6. The van der Waals surface area contributed by atoms with E-state index < -0.39 is 0 Å². The number of nitrogens with zero attached hydrogens (tertiary/aromatic N) is 2. The van der Waals surface area contributed by atoms with Crippen LogP contribution in [0.25, 0.3) is 17.3 Å². The van der Waals surface area contributed by atoms with Crippen LogP contribution < -0.4 is 10.6 Å². The maximum Gasteiger partial charge on any atom is 0.248 e. The first-order valence-electron chi connectivity index (χ1n) is 8.52. The number of thiazole rings is 1. The molecule has 6 nitrogen and oxygen atoms in total. The van der Waals surface area contributed by atoms with Crippen molar-refractivity contribution in [2.75, 3.05) is 10.6 Å². The molecule has 4 aromatic rings. The molecule has 0 bridgehead atoms. The van der Waals surface area contributed by atoms with Gasteiger partial charge < -0.3 is 15.1 Å². The molecule has 2 N–H and O–H groups in total. The van der Waals surface area contributed by atoms with Crippen molar-refractivity contribution in [3.63, 3.8) is 0 Å². The number of aromatic nitrogens is 2. The Hall–Kier alpha value is -3.71. The molecule has 0 spiro atoms. The van der Waals surface area contributed by atoms with Crippen molar-refractivity contribution < 1.29 is 9.21 Å². The van der Waals surface area contributed by atoms with Crippen LogP contribution in [0.5, 0.6) is 0 Å². The second kappa shape index (κ2) is 8.32. The number of benzene rings is 1. The molecular formula is C21H16N4O2S. The molecule has 0 radical (unpaired) electrons. The van der Waals surface area contributed by atoms with Crippen molar-refractivity contribution in [2.45, 2.75) is 0 Å². The highest BCUT2D eigenvalue weighted by Gasteiger charge is 2.06. The minimum Gasteiger partial charge on any atom is -0.465 e. The first-order chi connectivity index (χ1) is 13.8. The summed E-state index contributed by atoms with van der Waals surface area (Å²) in [5, 5.41) is 8.83. The fraction of sp³-hybridized carbons (Fsp3) is 0. The van der Waals surface area contributed by atoms with E-state index in [1.807, 2.05) is 41.8 Å². The number of pyridine rings is 1. The lowest BCUT2D eigenvalue weighted by atomic mass is 10.1. The number of furan rings is 1. The third-order valence-corrected chi connectivity index (χ3v) is 4.57. The van der Waals surface area contributed by atoms with E-state index in [4.69, 9.17) is 4.42 Å². The Balaban J connectivity index is 1.38. The van der Waals surface area contributed by atoms with Crippen LogP contribution in [0.15, 0.2) is 83.1 Å². The van der Waals surface area contributed by atoms with Crippen LogP contribution in [-0.2, 0) is 4.79 Å². The van der Waals surface area contributed by atoms with E-state index >= 15 is 0 Å². The summed E-state index contributed by atoms with van der Waals surface area (Å²) < 4.78 is 5.16. The summed E-state index contributed by atoms with van der Waals surface area (Å²) in [5.41, 5.74) is 3.44. The molecule has 0 saturated carbocycles. The minimum atomic E-state index is -0.222. The predicted molar refractivity (Wildman–Crippen MR) is 111 cm³/mol. The molecule has 138 valence electrons. The summed E-state index contributed by atoms with van der Waals surface area (Å²) in [6, 6.07) is 14.9. The second-order valence-corrected chi connectivity index (χ2v) is 6.68. The highest BCUT2D eigenvalue weighted by Crippen LogP contribution is 2.27. The lowest BCUT2D eigenvalue weighted by Gasteiger charge is -2.03. The maximum atomic E-state index is 12.0. The van der Waals surface area contributed by atoms with E-state index in [9.17, 15) is 4.79 Å². The van der Waals surface area contributed by atoms with Crippen LogP contribution in [0.4, 0.5) is 16.5 Å². The summed E-state index contributed by atoms with van der Waals surface area (Å²) in [5.74, 6) is 0.408. The van der Waals surface area contributed by atoms with Crippen molar-refractivity contribution in [1.82, 2.24) is 9.97 Å². The van der Waals surface area contributed by atoms with Crippen LogP contribution in [0.1, 0.15) is 5.76 Å². The third-order valence-electron chi connectivity index (χ3n) is 3.81. The molecule has 3 heterocycles. The lowest BCUT2D eigenvalue weighted by molar-refractivity contribution is -0.111. The van der Waals surface area contributed by atoms with E-state index in [2.05, 4.69) is 20.6 Å². The monoisotopic (exact) mass is 388 g/mol. The molecule has 1 amide bonds. The number of carbonyl (C=O) groups is 1. The number of nitrogens with one attached hydrogen (secondary N) is 2. The van der Waals surface area contributed by atoms with Gasteiger partial charge in [-0.25, -0.2) is 4.98 Å². The number of anilines is 3. The Labute approximate surface area is 165 Å². The molecule has 0 aliphatic rings. The first kappa shape index (κ1) is 17.7. The summed E-state index contributed by atoms with van der Waals surface area (Å²) in [6.45, 7) is 0. The molecular weight excluding hydrogens is 372 g/mol. The molecule has 0 aliphatic carbocycles. The lowest BCUT2D eigenvalue weighted by Crippen LogP contribution is -2.07. The highest BCUT2D eigenvalue weighted by atomic mass is 32.1. The molecule has 0 atom stereocenters. The van der Waals surface area contributed by atoms with Gasteiger partial charge in [0.05, 0.1) is 23.8 Å². The van der Waals surface area contributed by atoms with Crippen molar-refractivity contribution in [2.24, 2.45) is 0 Å². The van der Waals surface area contributed by atoms with E-state index in [-0.39, 0.29) is 5.91 Å². The van der Waals surface area contributed by atoms with Crippen molar-refractivity contribution in [1.29, 1.82) is 0 Å². The summed E-state index contributed by atoms with van der Waals surface area (Å²) in [6.07, 6.45) is 8.09. The van der Waals surface area contributed by atoms with Crippen LogP contribution in [0.2, 0.25) is 0 Å². The van der Waals surface area contributed by atoms with Gasteiger partial charge >= 0.3 is 0 Å². The number of hydrogen-bond acceptors (Lipinski definition) is 6. The molecule has 28 heavy (non-hydrogen) atoms. The molecule has 3 aromatic heterocycles. The molecule has 0 fully saturated rings. The van der Waals surface area contributed by atoms with E-state index in [1.54, 1.807) is 36.9 Å². The van der Waals surface area contributed by atoms with Gasteiger partial charge in [-0.3, -0.25) is 9.78 Å². The standard InChI is InChI=1S/C21H16N4O2S/c26-20(10-9-18-4-2-12-27-18)23-16-7-5-15(6-8-16)19-14-28-21(25-19)24-17-3-1-11-22-13-17/h1-14H,(H,23,26)(H,24,25). The van der Waals surface area contributed by atoms with Gasteiger partial charge in [0, 0.05) is 28.9 Å². The average Bonchev–Trinajstić information content (AvgIpc) is 3.40. The van der Waals surface area contributed by atoms with Crippen LogP contribution in [-0.4, -0.2) is 15.9 Å². The zero-order valence-corrected chi connectivity index (χ0v) is 15.5. The Morgan fingerprint density at radius 1 is 1.07 bits per heavy atom. The molecule has 7 heteroatoms. The van der Waals surface area contributed by atoms with Gasteiger partial charge in [0.25, 0.3) is 0 Å². The van der Waals surface area contributed by atoms with Gasteiger partial charge in [0.15, 0.2) is 5.13 Å². The van der Waals surface area contributed by atoms with Crippen molar-refractivity contribution in [3.05, 3.63) is 84.4 Å². The topological polar surface area (TPSA) is 80.0 Å². The van der Waals surface area contributed by atoms with Crippen LogP contribution >= 0.6 is 11.3 Å². The SMILES string of the molecule is O=C(C=Cc1ccco1)Nc1ccc(-c2csc(Nc3cccnc3)n2)cc1. The Bertz CT molecular complexity index is 1070. The molecule has 4 rings (SSSR count). The fourth-order valence-corrected chi connectivity index (χ4v) is 3.22. The second-order valence-electron chi connectivity index (χ2n) is 5.82. The number of carbonyl (C=O) groups excluding carboxylic acids is 1. The van der Waals surface area contributed by atoms with Gasteiger partial charge in [-0.2, -0.15) is 0 Å². The maximum absolute atomic E-state index is 12.0. The van der Waals surface area contributed by atoms with Crippen LogP contribution in [0, 0.1) is 0 Å². The fourth-order valence-electron chi connectivity index (χ4n) is 2.48. The zero-order chi connectivity index (χ0) is 19.2. The average molecular weight is 388 g/mol. The minimum absolute atomic E-state index is 0.222. The Morgan fingerprint density at radius 3 is 2.71 bits per heavy atom. The van der Waals surface area contributed by atoms with Gasteiger partial charge in [-0.15, -0.1) is 11.3 Å². The first-order valence-corrected chi connectivity index (χ1v) is 9.40. The van der Waals surface area contributed by atoms with Crippen molar-refractivity contribution in [3.8, 4) is 11.3 Å². The van der Waals surface area contributed by atoms with E-state index in [0.29, 0.717) is 11.4 Å². The normalized spacial score (nSPS) is 10.9. The summed E-state index contributed by atoms with van der Waals surface area (Å²) in [7, 11) is 0. The third kappa shape index (κ3) is 4.52. The van der Waals surface area contributed by atoms with Gasteiger partial charge in [-0.1, -0.05) is 12.1 Å². The van der Waals surface area contributed by atoms with E-state index in [1.165, 1.54) is 17.4 Å². The Kier molecular flexibility index (Phi) is 5.26. The Morgan fingerprint density at radius 2 is 1.96 bits per heavy atom. The number of rotatable bonds is 6. The predicted octanol–water partition coefficient (Wildman–Crippen LogP) is 5.19. The van der Waals surface area contributed by atoms with Gasteiger partial charge in [0.2, 0.25) is 5.91 Å². The van der Waals surface area contributed by atoms with Gasteiger partial charge in [0.1, 0.15) is 5.76 Å². The molecule has 0 aliphatic heterocycles. The molecule has 0 saturated heterocycles. The smallest absolute Gasteiger partial charge is 0.248 e. The molecule has 0 unspecified atom stereocenters. The quantitative estimate of drug-likeness (QED) is 0.444. The van der Waals surface area contributed by atoms with Crippen molar-refractivity contribution >= 4 is 39.8 Å². The number of amides is 1. The van der Waals surface area contributed by atoms with Crippen LogP contribution in [0.3, 0.4) is 0 Å². The highest BCUT2D eigenvalue weighted by molar-refractivity contribution is 7.14. The molecule has 1 aromatic carbocycles. The number of hydrogen-bond donors (Lipinski definition) is 2. The van der Waals surface area contributed by atoms with E-state index in [0.717, 1.165) is 22.1 Å².